The lowest BCUT2D eigenvalue weighted by atomic mass is 10.1. The van der Waals surface area contributed by atoms with Gasteiger partial charge in [-0.15, -0.1) is 0 Å². The Balaban J connectivity index is 1.65. The van der Waals surface area contributed by atoms with E-state index < -0.39 is 11.7 Å². The molecule has 1 aromatic carbocycles. The van der Waals surface area contributed by atoms with Crippen molar-refractivity contribution in [3.05, 3.63) is 65.6 Å². The van der Waals surface area contributed by atoms with Crippen LogP contribution >= 0.6 is 11.9 Å². The number of alkyl halides is 3. The van der Waals surface area contributed by atoms with Crippen LogP contribution in [0.2, 0.25) is 0 Å². The minimum Gasteiger partial charge on any atom is -0.348 e. The van der Waals surface area contributed by atoms with Crippen LogP contribution in [0.4, 0.5) is 24.8 Å². The molecule has 0 fully saturated rings. The van der Waals surface area contributed by atoms with Crippen molar-refractivity contribution in [3.63, 3.8) is 0 Å². The second kappa shape index (κ2) is 9.61. The van der Waals surface area contributed by atoms with Crippen LogP contribution in [-0.2, 0) is 6.18 Å². The zero-order chi connectivity index (χ0) is 24.3. The molecule has 3 N–H and O–H groups in total. The number of aromatic amines is 1. The van der Waals surface area contributed by atoms with Crippen LogP contribution < -0.4 is 10.0 Å². The van der Waals surface area contributed by atoms with Crippen molar-refractivity contribution in [3.8, 4) is 17.3 Å². The van der Waals surface area contributed by atoms with Gasteiger partial charge < -0.3 is 15.0 Å². The molecule has 0 aliphatic carbocycles. The first-order valence-electron chi connectivity index (χ1n) is 10.4. The number of pyridine rings is 1. The molecule has 11 heteroatoms. The summed E-state index contributed by atoms with van der Waals surface area (Å²) >= 11 is 1.60. The molecule has 3 heterocycles. The predicted molar refractivity (Wildman–Crippen MR) is 127 cm³/mol. The Hall–Kier alpha value is -3.78. The van der Waals surface area contributed by atoms with Gasteiger partial charge in [0.05, 0.1) is 29.1 Å². The molecule has 174 valence electrons. The van der Waals surface area contributed by atoms with E-state index in [0.717, 1.165) is 29.3 Å². The van der Waals surface area contributed by atoms with Gasteiger partial charge in [-0.25, -0.2) is 15.0 Å². The number of halogens is 3. The van der Waals surface area contributed by atoms with Gasteiger partial charge in [0.15, 0.2) is 0 Å². The largest absolute Gasteiger partial charge is 0.417 e. The molecular weight excluding hydrogens is 463 g/mol. The average molecular weight is 484 g/mol. The fraction of sp³-hybridized carbons (Fsp3) is 0.217. The maximum absolute atomic E-state index is 13.2. The Kier molecular flexibility index (Phi) is 6.61. The van der Waals surface area contributed by atoms with Crippen molar-refractivity contribution < 1.29 is 13.2 Å². The van der Waals surface area contributed by atoms with Crippen molar-refractivity contribution in [2.24, 2.45) is 0 Å². The summed E-state index contributed by atoms with van der Waals surface area (Å²) in [6.45, 7) is 4.00. The highest BCUT2D eigenvalue weighted by Gasteiger charge is 2.31. The molecule has 0 aliphatic heterocycles. The third-order valence-electron chi connectivity index (χ3n) is 5.11. The topological polar surface area (TPSA) is 102 Å². The van der Waals surface area contributed by atoms with Crippen LogP contribution in [0, 0.1) is 11.3 Å². The first kappa shape index (κ1) is 23.4. The number of fused-ring (bicyclic) bond motifs is 1. The molecule has 0 amide bonds. The molecule has 0 radical (unpaired) electrons. The van der Waals surface area contributed by atoms with Gasteiger partial charge in [0.2, 0.25) is 5.95 Å². The maximum Gasteiger partial charge on any atom is 0.417 e. The van der Waals surface area contributed by atoms with E-state index in [-0.39, 0.29) is 34.3 Å². The minimum atomic E-state index is -4.54. The maximum atomic E-state index is 13.2. The fourth-order valence-corrected chi connectivity index (χ4v) is 3.81. The first-order valence-corrected chi connectivity index (χ1v) is 11.3. The summed E-state index contributed by atoms with van der Waals surface area (Å²) in [6.07, 6.45) is -0.924. The molecule has 0 saturated heterocycles. The van der Waals surface area contributed by atoms with Gasteiger partial charge in [-0.2, -0.15) is 18.4 Å². The summed E-state index contributed by atoms with van der Waals surface area (Å²) in [7, 11) is 0. The molecule has 0 unspecified atom stereocenters. The summed E-state index contributed by atoms with van der Waals surface area (Å²) < 4.78 is 42.9. The number of nitriles is 1. The van der Waals surface area contributed by atoms with Gasteiger partial charge in [0.1, 0.15) is 11.7 Å². The molecule has 34 heavy (non-hydrogen) atoms. The third-order valence-corrected chi connectivity index (χ3v) is 5.78. The molecule has 0 aliphatic rings. The Labute approximate surface area is 198 Å². The second-order valence-corrected chi connectivity index (χ2v) is 8.48. The first-order chi connectivity index (χ1) is 16.3. The molecule has 1 atom stereocenters. The summed E-state index contributed by atoms with van der Waals surface area (Å²) in [5.41, 5.74) is 2.07. The van der Waals surface area contributed by atoms with Gasteiger partial charge >= 0.3 is 6.18 Å². The van der Waals surface area contributed by atoms with Gasteiger partial charge in [0, 0.05) is 34.8 Å². The Bertz CT molecular complexity index is 1340. The average Bonchev–Trinajstić information content (AvgIpc) is 3.25. The Morgan fingerprint density at radius 1 is 1.18 bits per heavy atom. The lowest BCUT2D eigenvalue weighted by Crippen LogP contribution is -2.10. The lowest BCUT2D eigenvalue weighted by molar-refractivity contribution is -0.137. The zero-order valence-electron chi connectivity index (χ0n) is 18.2. The number of nitrogens with zero attached hydrogens (tertiary/aromatic N) is 4. The molecule has 7 nitrogen and oxygen atoms in total. The van der Waals surface area contributed by atoms with E-state index in [0.29, 0.717) is 5.56 Å². The highest BCUT2D eigenvalue weighted by atomic mass is 32.2. The van der Waals surface area contributed by atoms with Gasteiger partial charge in [-0.05, 0) is 30.7 Å². The van der Waals surface area contributed by atoms with Gasteiger partial charge in [0.25, 0.3) is 0 Å². The lowest BCUT2D eigenvalue weighted by Gasteiger charge is -2.16. The van der Waals surface area contributed by atoms with E-state index >= 15 is 0 Å². The van der Waals surface area contributed by atoms with Crippen molar-refractivity contribution in [1.29, 1.82) is 5.26 Å². The van der Waals surface area contributed by atoms with E-state index in [2.05, 4.69) is 36.9 Å². The monoisotopic (exact) mass is 483 g/mol. The van der Waals surface area contributed by atoms with Gasteiger partial charge in [-0.3, -0.25) is 0 Å². The van der Waals surface area contributed by atoms with Crippen LogP contribution in [0.15, 0.2) is 48.9 Å². The third kappa shape index (κ3) is 4.92. The number of hydrogen-bond donors (Lipinski definition) is 3. The van der Waals surface area contributed by atoms with Crippen LogP contribution in [0.3, 0.4) is 0 Å². The van der Waals surface area contributed by atoms with Crippen molar-refractivity contribution in [2.45, 2.75) is 26.1 Å². The number of benzene rings is 1. The van der Waals surface area contributed by atoms with Crippen LogP contribution in [0.1, 0.15) is 36.6 Å². The number of anilines is 2. The van der Waals surface area contributed by atoms with E-state index in [1.54, 1.807) is 11.9 Å². The normalized spacial score (nSPS) is 12.4. The quantitative estimate of drug-likeness (QED) is 0.270. The van der Waals surface area contributed by atoms with Crippen molar-refractivity contribution in [2.75, 3.05) is 15.8 Å². The molecule has 0 bridgehead atoms. The molecule has 0 saturated carbocycles. The van der Waals surface area contributed by atoms with E-state index in [1.165, 1.54) is 12.4 Å². The molecule has 4 aromatic rings. The number of aromatic nitrogens is 4. The predicted octanol–water partition coefficient (Wildman–Crippen LogP) is 6.16. The summed E-state index contributed by atoms with van der Waals surface area (Å²) in [5.74, 6) is 1.20. The van der Waals surface area contributed by atoms with Crippen LogP contribution in [0.5, 0.6) is 0 Å². The second-order valence-electron chi connectivity index (χ2n) is 7.41. The molecule has 4 rings (SSSR count). The van der Waals surface area contributed by atoms with Crippen molar-refractivity contribution in [1.82, 2.24) is 19.9 Å². The van der Waals surface area contributed by atoms with E-state index in [4.69, 9.17) is 0 Å². The molecule has 0 spiro atoms. The highest BCUT2D eigenvalue weighted by molar-refractivity contribution is 8.00. The Morgan fingerprint density at radius 3 is 2.62 bits per heavy atom. The van der Waals surface area contributed by atoms with E-state index in [9.17, 15) is 18.4 Å². The van der Waals surface area contributed by atoms with Gasteiger partial charge in [-0.1, -0.05) is 31.0 Å². The summed E-state index contributed by atoms with van der Waals surface area (Å²) in [5, 5.41) is 13.0. The van der Waals surface area contributed by atoms with Crippen LogP contribution in [-0.4, -0.2) is 25.7 Å². The fourth-order valence-electron chi connectivity index (χ4n) is 3.37. The standard InChI is InChI=1S/C23H20F3N7S/c1-3-34-33-17-6-4-14(5-7-17)13(2)31-22-30-10-15(9-27)20(32-22)19-12-29-21-18(19)8-16(11-28-21)23(24,25)26/h4-8,10-13,33H,3H2,1-2H3,(H,28,29)(H,30,31,32)/t13-/m1/s1. The zero-order valence-corrected chi connectivity index (χ0v) is 19.1. The number of nitrogens with one attached hydrogen (secondary N) is 3. The van der Waals surface area contributed by atoms with Crippen molar-refractivity contribution >= 4 is 34.6 Å². The molecule has 3 aromatic heterocycles. The van der Waals surface area contributed by atoms with Crippen LogP contribution in [0.25, 0.3) is 22.3 Å². The number of rotatable bonds is 7. The SMILES string of the molecule is CCSNc1ccc([C@@H](C)Nc2ncc(C#N)c(-c3c[nH]c4ncc(C(F)(F)F)cc34)n2)cc1. The Morgan fingerprint density at radius 2 is 1.94 bits per heavy atom. The highest BCUT2D eigenvalue weighted by Crippen LogP contribution is 2.35. The smallest absolute Gasteiger partial charge is 0.348 e. The minimum absolute atomic E-state index is 0.139. The number of hydrogen-bond acceptors (Lipinski definition) is 7. The summed E-state index contributed by atoms with van der Waals surface area (Å²) in [4.78, 5) is 15.4. The molecular formula is C23H20F3N7S. The summed E-state index contributed by atoms with van der Waals surface area (Å²) in [6, 6.07) is 10.7. The van der Waals surface area contributed by atoms with E-state index in [1.807, 2.05) is 37.3 Å². The number of H-pyrrole nitrogens is 1.